The van der Waals surface area contributed by atoms with Gasteiger partial charge in [-0.25, -0.2) is 4.79 Å². The number of fused-ring (bicyclic) bond motifs is 1. The van der Waals surface area contributed by atoms with Gasteiger partial charge < -0.3 is 14.4 Å². The molecule has 0 aliphatic carbocycles. The average Bonchev–Trinajstić information content (AvgIpc) is 2.97. The summed E-state index contributed by atoms with van der Waals surface area (Å²) in [6.45, 7) is 2.58. The van der Waals surface area contributed by atoms with Crippen LogP contribution in [0.25, 0.3) is 16.5 Å². The number of allylic oxidation sites excluding steroid dienone is 1. The summed E-state index contributed by atoms with van der Waals surface area (Å²) in [4.78, 5) is 10.8. The molecule has 1 N–H and O–H groups in total. The number of aliphatic carboxylic acids is 1. The van der Waals surface area contributed by atoms with Crippen LogP contribution in [0.3, 0.4) is 0 Å². The topological polar surface area (TPSA) is 51.5 Å². The maximum atomic E-state index is 10.8. The second-order valence-corrected chi connectivity index (χ2v) is 5.73. The van der Waals surface area contributed by atoms with Gasteiger partial charge >= 0.3 is 5.97 Å². The highest BCUT2D eigenvalue weighted by atomic mass is 16.5. The number of carboxylic acid groups (broad SMARTS) is 1. The zero-order chi connectivity index (χ0) is 17.1. The number of carbonyl (C=O) groups is 1. The maximum absolute atomic E-state index is 10.8. The minimum Gasteiger partial charge on any atom is -0.497 e. The second-order valence-electron chi connectivity index (χ2n) is 5.73. The monoisotopic (exact) mass is 321 g/mol. The van der Waals surface area contributed by atoms with Crippen LogP contribution in [0.4, 0.5) is 0 Å². The summed E-state index contributed by atoms with van der Waals surface area (Å²) in [5.41, 5.74) is 3.98. The molecule has 0 fully saturated rings. The highest BCUT2D eigenvalue weighted by molar-refractivity contribution is 5.91. The number of hydrogen-bond acceptors (Lipinski definition) is 2. The lowest BCUT2D eigenvalue weighted by Gasteiger charge is -2.08. The molecule has 0 amide bonds. The number of ether oxygens (including phenoxy) is 1. The minimum atomic E-state index is -0.926. The summed E-state index contributed by atoms with van der Waals surface area (Å²) >= 11 is 0. The summed E-state index contributed by atoms with van der Waals surface area (Å²) in [6.07, 6.45) is 3.28. The van der Waals surface area contributed by atoms with Gasteiger partial charge in [0.15, 0.2) is 0 Å². The van der Waals surface area contributed by atoms with Gasteiger partial charge in [-0.3, -0.25) is 0 Å². The standard InChI is InChI=1S/C20H19NO3/c1-14(11-20(22)23)16-5-8-19-17(12-16)9-10-21(19)13-15-3-6-18(24-2)7-4-15/h3-12H,13H2,1-2H3,(H,22,23)/b14-11+. The second kappa shape index (κ2) is 6.62. The van der Waals surface area contributed by atoms with E-state index in [4.69, 9.17) is 9.84 Å². The molecule has 4 nitrogen and oxygen atoms in total. The zero-order valence-corrected chi connectivity index (χ0v) is 13.7. The van der Waals surface area contributed by atoms with Crippen molar-refractivity contribution in [2.75, 3.05) is 7.11 Å². The first-order chi connectivity index (χ1) is 11.6. The average molecular weight is 321 g/mol. The van der Waals surface area contributed by atoms with Crippen LogP contribution < -0.4 is 4.74 Å². The van der Waals surface area contributed by atoms with Gasteiger partial charge in [0.05, 0.1) is 7.11 Å². The maximum Gasteiger partial charge on any atom is 0.328 e. The van der Waals surface area contributed by atoms with Crippen LogP contribution in [0, 0.1) is 0 Å². The largest absolute Gasteiger partial charge is 0.497 e. The third-order valence-electron chi connectivity index (χ3n) is 4.08. The van der Waals surface area contributed by atoms with Gasteiger partial charge in [-0.2, -0.15) is 0 Å². The predicted molar refractivity (Wildman–Crippen MR) is 95.3 cm³/mol. The van der Waals surface area contributed by atoms with E-state index in [2.05, 4.69) is 29.0 Å². The van der Waals surface area contributed by atoms with E-state index in [-0.39, 0.29) is 0 Å². The molecule has 4 heteroatoms. The Morgan fingerprint density at radius 1 is 1.17 bits per heavy atom. The number of hydrogen-bond donors (Lipinski definition) is 1. The van der Waals surface area contributed by atoms with Crippen molar-refractivity contribution in [3.63, 3.8) is 0 Å². The van der Waals surface area contributed by atoms with E-state index in [1.165, 1.54) is 11.6 Å². The van der Waals surface area contributed by atoms with Gasteiger partial charge in [0, 0.05) is 29.7 Å². The molecule has 24 heavy (non-hydrogen) atoms. The Morgan fingerprint density at radius 3 is 2.58 bits per heavy atom. The lowest BCUT2D eigenvalue weighted by atomic mass is 10.1. The Hall–Kier alpha value is -3.01. The fraction of sp³-hybridized carbons (Fsp3) is 0.150. The summed E-state index contributed by atoms with van der Waals surface area (Å²) in [5, 5.41) is 9.97. The molecular formula is C20H19NO3. The molecule has 1 heterocycles. The number of aromatic nitrogens is 1. The smallest absolute Gasteiger partial charge is 0.328 e. The Kier molecular flexibility index (Phi) is 4.38. The molecule has 3 rings (SSSR count). The van der Waals surface area contributed by atoms with E-state index in [0.717, 1.165) is 34.3 Å². The van der Waals surface area contributed by atoms with E-state index >= 15 is 0 Å². The third kappa shape index (κ3) is 3.33. The zero-order valence-electron chi connectivity index (χ0n) is 13.7. The molecule has 3 aromatic rings. The molecule has 1 aromatic heterocycles. The van der Waals surface area contributed by atoms with Gasteiger partial charge in [0.1, 0.15) is 5.75 Å². The molecule has 0 aliphatic heterocycles. The number of carboxylic acids is 1. The first kappa shape index (κ1) is 15.9. The molecule has 0 unspecified atom stereocenters. The number of rotatable bonds is 5. The Labute approximate surface area is 140 Å². The Balaban J connectivity index is 1.89. The van der Waals surface area contributed by atoms with Gasteiger partial charge in [-0.15, -0.1) is 0 Å². The summed E-state index contributed by atoms with van der Waals surface area (Å²) < 4.78 is 7.36. The fourth-order valence-electron chi connectivity index (χ4n) is 2.78. The highest BCUT2D eigenvalue weighted by Gasteiger charge is 2.05. The minimum absolute atomic E-state index is 0.743. The van der Waals surface area contributed by atoms with Crippen molar-refractivity contribution < 1.29 is 14.6 Å². The van der Waals surface area contributed by atoms with Crippen molar-refractivity contribution in [3.8, 4) is 5.75 Å². The fourth-order valence-corrected chi connectivity index (χ4v) is 2.78. The summed E-state index contributed by atoms with van der Waals surface area (Å²) in [7, 11) is 1.66. The first-order valence-corrected chi connectivity index (χ1v) is 7.70. The molecule has 0 saturated carbocycles. The normalized spacial score (nSPS) is 11.7. The van der Waals surface area contributed by atoms with E-state index in [1.807, 2.05) is 37.3 Å². The molecule has 0 radical (unpaired) electrons. The van der Waals surface area contributed by atoms with Gasteiger partial charge in [-0.1, -0.05) is 18.2 Å². The van der Waals surface area contributed by atoms with E-state index in [0.29, 0.717) is 0 Å². The Morgan fingerprint density at radius 2 is 1.92 bits per heavy atom. The lowest BCUT2D eigenvalue weighted by molar-refractivity contribution is -0.131. The molecular weight excluding hydrogens is 302 g/mol. The van der Waals surface area contributed by atoms with E-state index in [9.17, 15) is 4.79 Å². The van der Waals surface area contributed by atoms with Crippen molar-refractivity contribution in [2.24, 2.45) is 0 Å². The van der Waals surface area contributed by atoms with Crippen molar-refractivity contribution in [3.05, 3.63) is 71.9 Å². The molecule has 0 spiro atoms. The van der Waals surface area contributed by atoms with E-state index in [1.54, 1.807) is 7.11 Å². The van der Waals surface area contributed by atoms with Crippen molar-refractivity contribution in [1.82, 2.24) is 4.57 Å². The van der Waals surface area contributed by atoms with Crippen molar-refractivity contribution in [1.29, 1.82) is 0 Å². The van der Waals surface area contributed by atoms with Gasteiger partial charge in [-0.05, 0) is 54.0 Å². The van der Waals surface area contributed by atoms with Crippen LogP contribution in [0.1, 0.15) is 18.1 Å². The van der Waals surface area contributed by atoms with Crippen LogP contribution in [-0.4, -0.2) is 22.8 Å². The van der Waals surface area contributed by atoms with Crippen LogP contribution in [0.2, 0.25) is 0 Å². The van der Waals surface area contributed by atoms with Gasteiger partial charge in [0.25, 0.3) is 0 Å². The quantitative estimate of drug-likeness (QED) is 0.717. The molecule has 0 atom stereocenters. The molecule has 0 aliphatic rings. The highest BCUT2D eigenvalue weighted by Crippen LogP contribution is 2.23. The van der Waals surface area contributed by atoms with E-state index < -0.39 is 5.97 Å². The lowest BCUT2D eigenvalue weighted by Crippen LogP contribution is -1.98. The number of benzene rings is 2. The summed E-state index contributed by atoms with van der Waals surface area (Å²) in [6, 6.07) is 16.1. The summed E-state index contributed by atoms with van der Waals surface area (Å²) in [5.74, 6) is -0.0777. The third-order valence-corrected chi connectivity index (χ3v) is 4.08. The van der Waals surface area contributed by atoms with Gasteiger partial charge in [0.2, 0.25) is 0 Å². The molecule has 0 bridgehead atoms. The number of methoxy groups -OCH3 is 1. The molecule has 0 saturated heterocycles. The van der Waals surface area contributed by atoms with Crippen LogP contribution in [-0.2, 0) is 11.3 Å². The van der Waals surface area contributed by atoms with Crippen LogP contribution in [0.5, 0.6) is 5.75 Å². The molecule has 122 valence electrons. The molecule has 2 aromatic carbocycles. The van der Waals surface area contributed by atoms with Crippen LogP contribution in [0.15, 0.2) is 60.8 Å². The SMILES string of the molecule is COc1ccc(Cn2ccc3cc(/C(C)=C/C(=O)O)ccc32)cc1. The van der Waals surface area contributed by atoms with Crippen LogP contribution >= 0.6 is 0 Å². The first-order valence-electron chi connectivity index (χ1n) is 7.70. The number of nitrogens with zero attached hydrogens (tertiary/aromatic N) is 1. The predicted octanol–water partition coefficient (Wildman–Crippen LogP) is 4.19. The van der Waals surface area contributed by atoms with Crippen molar-refractivity contribution >= 4 is 22.4 Å². The van der Waals surface area contributed by atoms with Crippen molar-refractivity contribution in [2.45, 2.75) is 13.5 Å². The Bertz CT molecular complexity index is 904.